The van der Waals surface area contributed by atoms with Crippen LogP contribution >= 0.6 is 18.7 Å². The molecule has 0 bridgehead atoms. The van der Waals surface area contributed by atoms with E-state index >= 15 is 0 Å². The van der Waals surface area contributed by atoms with Gasteiger partial charge in [0.2, 0.25) is 0 Å². The largest absolute Gasteiger partial charge is 0.356 e. The highest BCUT2D eigenvalue weighted by molar-refractivity contribution is 7.85. The summed E-state index contributed by atoms with van der Waals surface area (Å²) in [5.41, 5.74) is 6.05. The molecule has 0 spiro atoms. The third-order valence-electron chi connectivity index (χ3n) is 3.66. The molecule has 1 atom stereocenters. The minimum Gasteiger partial charge on any atom is -0.356 e. The van der Waals surface area contributed by atoms with Crippen LogP contribution in [0.4, 0.5) is 0 Å². The normalized spacial score (nSPS) is 13.3. The number of rotatable bonds is 2. The Bertz CT molecular complexity index is 657. The van der Waals surface area contributed by atoms with Gasteiger partial charge in [-0.3, -0.25) is 0 Å². The van der Waals surface area contributed by atoms with E-state index in [9.17, 15) is 4.89 Å². The van der Waals surface area contributed by atoms with Gasteiger partial charge in [0, 0.05) is 5.30 Å². The summed E-state index contributed by atoms with van der Waals surface area (Å²) in [5, 5.41) is 0.826. The Kier molecular flexibility index (Phi) is 4.78. The van der Waals surface area contributed by atoms with E-state index in [2.05, 4.69) is 52.8 Å². The predicted octanol–water partition coefficient (Wildman–Crippen LogP) is 5.44. The summed E-state index contributed by atoms with van der Waals surface area (Å²) in [7, 11) is -1.64. The quantitative estimate of drug-likeness (QED) is 0.731. The molecule has 112 valence electrons. The van der Waals surface area contributed by atoms with Gasteiger partial charge in [0.15, 0.2) is 7.50 Å². The van der Waals surface area contributed by atoms with E-state index in [1.165, 1.54) is 22.3 Å². The molecule has 2 rings (SSSR count). The summed E-state index contributed by atoms with van der Waals surface area (Å²) in [6.45, 7) is 10.9. The summed E-state index contributed by atoms with van der Waals surface area (Å²) < 4.78 is 0. The molecular formula is C18H22ClOP. The van der Waals surface area contributed by atoms with Crippen molar-refractivity contribution >= 4 is 24.0 Å². The molecule has 1 nitrogen and oxygen atoms in total. The van der Waals surface area contributed by atoms with Gasteiger partial charge in [0.05, 0.1) is 0 Å². The van der Waals surface area contributed by atoms with Crippen molar-refractivity contribution in [1.29, 1.82) is 0 Å². The Hall–Kier alpha value is -0.880. The maximum atomic E-state index is 9.94. The molecule has 21 heavy (non-hydrogen) atoms. The second-order valence-corrected chi connectivity index (χ2v) is 8.49. The highest BCUT2D eigenvalue weighted by Crippen LogP contribution is 2.42. The molecule has 0 radical (unpaired) electrons. The van der Waals surface area contributed by atoms with Gasteiger partial charge < -0.3 is 4.89 Å². The zero-order valence-corrected chi connectivity index (χ0v) is 14.9. The van der Waals surface area contributed by atoms with E-state index < -0.39 is 7.50 Å². The van der Waals surface area contributed by atoms with Gasteiger partial charge in [-0.1, -0.05) is 74.0 Å². The Morgan fingerprint density at radius 3 is 2.24 bits per heavy atom. The van der Waals surface area contributed by atoms with Gasteiger partial charge in [-0.2, -0.15) is 0 Å². The lowest BCUT2D eigenvalue weighted by atomic mass is 9.79. The van der Waals surface area contributed by atoms with E-state index in [-0.39, 0.29) is 5.41 Å². The molecule has 0 heterocycles. The number of hydrogen-bond acceptors (Lipinski definition) is 1. The highest BCUT2D eigenvalue weighted by atomic mass is 35.7. The molecule has 2 aromatic carbocycles. The van der Waals surface area contributed by atoms with E-state index in [0.29, 0.717) is 0 Å². The molecule has 0 aliphatic heterocycles. The van der Waals surface area contributed by atoms with Gasteiger partial charge in [-0.15, -0.1) is 0 Å². The molecule has 0 aliphatic rings. The van der Waals surface area contributed by atoms with Crippen LogP contribution in [0.2, 0.25) is 0 Å². The zero-order valence-electron chi connectivity index (χ0n) is 13.2. The predicted molar refractivity (Wildman–Crippen MR) is 94.7 cm³/mol. The summed E-state index contributed by atoms with van der Waals surface area (Å²) in [4.78, 5) is 9.94. The molecule has 0 fully saturated rings. The molecular weight excluding hydrogens is 299 g/mol. The van der Waals surface area contributed by atoms with Crippen LogP contribution in [0.1, 0.15) is 37.5 Å². The number of halogens is 1. The fourth-order valence-electron chi connectivity index (χ4n) is 2.76. The highest BCUT2D eigenvalue weighted by Gasteiger charge is 2.23. The monoisotopic (exact) mass is 320 g/mol. The average Bonchev–Trinajstić information content (AvgIpc) is 2.36. The first kappa shape index (κ1) is 16.5. The Morgan fingerprint density at radius 1 is 1.05 bits per heavy atom. The molecule has 0 saturated heterocycles. The topological polar surface area (TPSA) is 20.2 Å². The Labute approximate surface area is 133 Å². The van der Waals surface area contributed by atoms with Crippen LogP contribution in [0.5, 0.6) is 0 Å². The minimum absolute atomic E-state index is 0.0315. The zero-order chi connectivity index (χ0) is 15.8. The van der Waals surface area contributed by atoms with Crippen molar-refractivity contribution in [3.63, 3.8) is 0 Å². The second kappa shape index (κ2) is 6.08. The Balaban J connectivity index is 2.81. The van der Waals surface area contributed by atoms with Crippen molar-refractivity contribution in [1.82, 2.24) is 0 Å². The number of benzene rings is 2. The van der Waals surface area contributed by atoms with Crippen LogP contribution in [0, 0.1) is 13.8 Å². The lowest BCUT2D eigenvalue weighted by Crippen LogP contribution is -2.16. The van der Waals surface area contributed by atoms with Crippen molar-refractivity contribution in [2.24, 2.45) is 0 Å². The van der Waals surface area contributed by atoms with Gasteiger partial charge in [-0.05, 0) is 41.5 Å². The van der Waals surface area contributed by atoms with Crippen molar-refractivity contribution in [2.75, 3.05) is 0 Å². The van der Waals surface area contributed by atoms with Crippen LogP contribution in [-0.2, 0) is 5.41 Å². The van der Waals surface area contributed by atoms with Crippen LogP contribution in [0.15, 0.2) is 36.4 Å². The van der Waals surface area contributed by atoms with Gasteiger partial charge in [0.1, 0.15) is 0 Å². The summed E-state index contributed by atoms with van der Waals surface area (Å²) >= 11 is 6.03. The molecule has 2 aromatic rings. The molecule has 1 N–H and O–H groups in total. The molecule has 0 aromatic heterocycles. The lowest BCUT2D eigenvalue weighted by molar-refractivity contribution is 0.591. The molecule has 0 amide bonds. The number of aryl methyl sites for hydroxylation is 2. The summed E-state index contributed by atoms with van der Waals surface area (Å²) in [6, 6.07) is 12.3. The first-order valence-electron chi connectivity index (χ1n) is 7.07. The fourth-order valence-corrected chi connectivity index (χ4v) is 3.80. The van der Waals surface area contributed by atoms with Crippen molar-refractivity contribution < 1.29 is 4.89 Å². The summed E-state index contributed by atoms with van der Waals surface area (Å²) in [6.07, 6.45) is 0. The second-order valence-electron chi connectivity index (χ2n) is 6.53. The maximum Gasteiger partial charge on any atom is 0.155 e. The van der Waals surface area contributed by atoms with E-state index in [4.69, 9.17) is 11.2 Å². The first-order valence-corrected chi connectivity index (χ1v) is 9.27. The molecule has 0 aliphatic carbocycles. The van der Waals surface area contributed by atoms with Crippen molar-refractivity contribution in [2.45, 2.75) is 40.0 Å². The van der Waals surface area contributed by atoms with Crippen LogP contribution in [0.25, 0.3) is 11.1 Å². The van der Waals surface area contributed by atoms with E-state index in [1.807, 2.05) is 18.2 Å². The average molecular weight is 321 g/mol. The summed E-state index contributed by atoms with van der Waals surface area (Å²) in [5.74, 6) is 0. The van der Waals surface area contributed by atoms with Gasteiger partial charge in [0.25, 0.3) is 0 Å². The Morgan fingerprint density at radius 2 is 1.67 bits per heavy atom. The van der Waals surface area contributed by atoms with E-state index in [0.717, 1.165) is 10.9 Å². The van der Waals surface area contributed by atoms with Gasteiger partial charge in [-0.25, -0.2) is 0 Å². The van der Waals surface area contributed by atoms with Crippen molar-refractivity contribution in [3.8, 4) is 11.1 Å². The smallest absolute Gasteiger partial charge is 0.155 e. The SMILES string of the molecule is Cc1cc(C)c(-c2ccccc2P(O)Cl)c(C(C)(C)C)c1. The maximum absolute atomic E-state index is 9.94. The molecule has 1 unspecified atom stereocenters. The molecule has 3 heteroatoms. The van der Waals surface area contributed by atoms with E-state index in [1.54, 1.807) is 0 Å². The van der Waals surface area contributed by atoms with Crippen LogP contribution in [0.3, 0.4) is 0 Å². The van der Waals surface area contributed by atoms with Crippen LogP contribution in [-0.4, -0.2) is 4.89 Å². The van der Waals surface area contributed by atoms with Crippen LogP contribution < -0.4 is 5.30 Å². The van der Waals surface area contributed by atoms with Crippen molar-refractivity contribution in [3.05, 3.63) is 53.1 Å². The third-order valence-corrected chi connectivity index (χ3v) is 4.99. The third kappa shape index (κ3) is 3.48. The minimum atomic E-state index is -1.64. The molecule has 0 saturated carbocycles. The standard InChI is InChI=1S/C18H22ClOP/c1-12-10-13(2)17(15(11-12)18(3,4)5)14-8-6-7-9-16(14)21(19)20/h6-11,20H,1-5H3. The number of hydrogen-bond donors (Lipinski definition) is 1. The lowest BCUT2D eigenvalue weighted by Gasteiger charge is -2.26. The van der Waals surface area contributed by atoms with Gasteiger partial charge >= 0.3 is 0 Å². The first-order chi connectivity index (χ1) is 9.71. The fraction of sp³-hybridized carbons (Fsp3) is 0.333.